The van der Waals surface area contributed by atoms with E-state index in [4.69, 9.17) is 23.2 Å². The van der Waals surface area contributed by atoms with Gasteiger partial charge < -0.3 is 0 Å². The Morgan fingerprint density at radius 1 is 1.11 bits per heavy atom. The van der Waals surface area contributed by atoms with Gasteiger partial charge in [0.15, 0.2) is 0 Å². The van der Waals surface area contributed by atoms with Crippen molar-refractivity contribution in [2.75, 3.05) is 5.43 Å². The lowest BCUT2D eigenvalue weighted by Gasteiger charge is -2.00. The summed E-state index contributed by atoms with van der Waals surface area (Å²) in [6, 6.07) is 11.3. The standard InChI is InChI=1S/C12H8Cl2IN3/c13-11-5-8(6-12(14)17-11)7-16-18-10-3-1-9(15)2-4-10/h1-7,18H. The smallest absolute Gasteiger partial charge is 0.131 e. The Morgan fingerprint density at radius 2 is 1.72 bits per heavy atom. The van der Waals surface area contributed by atoms with E-state index >= 15 is 0 Å². The van der Waals surface area contributed by atoms with Crippen molar-refractivity contribution < 1.29 is 0 Å². The minimum atomic E-state index is 0.346. The molecule has 2 rings (SSSR count). The average molecular weight is 392 g/mol. The molecule has 0 saturated carbocycles. The first-order valence-electron chi connectivity index (χ1n) is 5.01. The molecule has 0 aliphatic rings. The van der Waals surface area contributed by atoms with Crippen molar-refractivity contribution in [3.05, 3.63) is 55.8 Å². The summed E-state index contributed by atoms with van der Waals surface area (Å²) in [5, 5.41) is 4.79. The third-order valence-corrected chi connectivity index (χ3v) is 3.14. The largest absolute Gasteiger partial charge is 0.279 e. The molecule has 0 unspecified atom stereocenters. The number of benzene rings is 1. The van der Waals surface area contributed by atoms with Gasteiger partial charge in [0.05, 0.1) is 11.9 Å². The van der Waals surface area contributed by atoms with Gasteiger partial charge in [-0.15, -0.1) is 0 Å². The fourth-order valence-corrected chi connectivity index (χ4v) is 2.10. The third-order valence-electron chi connectivity index (χ3n) is 2.04. The van der Waals surface area contributed by atoms with Gasteiger partial charge in [0.2, 0.25) is 0 Å². The SMILES string of the molecule is Clc1cc(C=NNc2ccc(I)cc2)cc(Cl)n1. The summed E-state index contributed by atoms with van der Waals surface area (Å²) in [6.07, 6.45) is 1.64. The van der Waals surface area contributed by atoms with E-state index in [9.17, 15) is 0 Å². The summed E-state index contributed by atoms with van der Waals surface area (Å²) < 4.78 is 1.18. The third kappa shape index (κ3) is 4.12. The monoisotopic (exact) mass is 391 g/mol. The normalized spacial score (nSPS) is 10.8. The van der Waals surface area contributed by atoms with E-state index in [1.807, 2.05) is 24.3 Å². The molecule has 0 saturated heterocycles. The summed E-state index contributed by atoms with van der Waals surface area (Å²) in [6.45, 7) is 0. The first-order chi connectivity index (χ1) is 8.63. The number of pyridine rings is 1. The van der Waals surface area contributed by atoms with Crippen LogP contribution in [0.1, 0.15) is 5.56 Å². The van der Waals surface area contributed by atoms with E-state index < -0.39 is 0 Å². The van der Waals surface area contributed by atoms with Crippen LogP contribution in [-0.2, 0) is 0 Å². The van der Waals surface area contributed by atoms with Crippen molar-refractivity contribution in [3.63, 3.8) is 0 Å². The van der Waals surface area contributed by atoms with Crippen molar-refractivity contribution in [3.8, 4) is 0 Å². The van der Waals surface area contributed by atoms with Crippen LogP contribution in [0.4, 0.5) is 5.69 Å². The van der Waals surface area contributed by atoms with Gasteiger partial charge in [-0.1, -0.05) is 23.2 Å². The lowest BCUT2D eigenvalue weighted by atomic mass is 10.3. The number of nitrogens with one attached hydrogen (secondary N) is 1. The van der Waals surface area contributed by atoms with E-state index in [-0.39, 0.29) is 0 Å². The Labute approximate surface area is 128 Å². The van der Waals surface area contributed by atoms with E-state index in [1.54, 1.807) is 18.3 Å². The first-order valence-corrected chi connectivity index (χ1v) is 6.85. The van der Waals surface area contributed by atoms with Crippen LogP contribution in [0, 0.1) is 3.57 Å². The van der Waals surface area contributed by atoms with Gasteiger partial charge in [0, 0.05) is 9.13 Å². The van der Waals surface area contributed by atoms with Gasteiger partial charge in [0.1, 0.15) is 10.3 Å². The number of hydrogen-bond acceptors (Lipinski definition) is 3. The lowest BCUT2D eigenvalue weighted by molar-refractivity contribution is 1.31. The second kappa shape index (κ2) is 6.36. The molecule has 2 aromatic rings. The highest BCUT2D eigenvalue weighted by atomic mass is 127. The maximum absolute atomic E-state index is 5.79. The quantitative estimate of drug-likeness (QED) is 0.363. The van der Waals surface area contributed by atoms with Crippen LogP contribution in [0.2, 0.25) is 10.3 Å². The molecular weight excluding hydrogens is 384 g/mol. The molecule has 0 amide bonds. The molecule has 18 heavy (non-hydrogen) atoms. The fourth-order valence-electron chi connectivity index (χ4n) is 1.26. The molecule has 92 valence electrons. The number of hydrazone groups is 1. The summed E-state index contributed by atoms with van der Waals surface area (Å²) in [5.74, 6) is 0. The van der Waals surface area contributed by atoms with Crippen molar-refractivity contribution in [1.82, 2.24) is 4.98 Å². The van der Waals surface area contributed by atoms with Crippen LogP contribution < -0.4 is 5.43 Å². The Balaban J connectivity index is 2.05. The van der Waals surface area contributed by atoms with E-state index in [0.717, 1.165) is 11.3 Å². The Bertz CT molecular complexity index is 550. The van der Waals surface area contributed by atoms with Gasteiger partial charge >= 0.3 is 0 Å². The maximum atomic E-state index is 5.79. The number of rotatable bonds is 3. The molecule has 0 bridgehead atoms. The summed E-state index contributed by atoms with van der Waals surface area (Å²) in [4.78, 5) is 3.86. The second-order valence-corrected chi connectivity index (χ2v) is 5.44. The molecule has 0 aliphatic heterocycles. The van der Waals surface area contributed by atoms with Crippen molar-refractivity contribution in [2.45, 2.75) is 0 Å². The molecule has 3 nitrogen and oxygen atoms in total. The first kappa shape index (κ1) is 13.6. The minimum absolute atomic E-state index is 0.346. The Hall–Kier alpha value is -0.850. The van der Waals surface area contributed by atoms with Crippen LogP contribution in [0.15, 0.2) is 41.5 Å². The number of hydrogen-bond donors (Lipinski definition) is 1. The van der Waals surface area contributed by atoms with Gasteiger partial charge in [-0.25, -0.2) is 4.98 Å². The highest BCUT2D eigenvalue weighted by molar-refractivity contribution is 14.1. The van der Waals surface area contributed by atoms with Crippen LogP contribution in [0.25, 0.3) is 0 Å². The number of anilines is 1. The molecule has 1 heterocycles. The molecule has 1 aromatic carbocycles. The Morgan fingerprint density at radius 3 is 2.33 bits per heavy atom. The van der Waals surface area contributed by atoms with Gasteiger partial charge in [0.25, 0.3) is 0 Å². The molecule has 1 N–H and O–H groups in total. The molecule has 0 aliphatic carbocycles. The topological polar surface area (TPSA) is 37.3 Å². The number of nitrogens with zero attached hydrogens (tertiary/aromatic N) is 2. The number of aromatic nitrogens is 1. The molecule has 0 atom stereocenters. The molecule has 0 radical (unpaired) electrons. The molecule has 0 fully saturated rings. The molecule has 0 spiro atoms. The highest BCUT2D eigenvalue weighted by Crippen LogP contribution is 2.14. The van der Waals surface area contributed by atoms with E-state index in [2.05, 4.69) is 38.1 Å². The highest BCUT2D eigenvalue weighted by Gasteiger charge is 1.96. The van der Waals surface area contributed by atoms with Crippen molar-refractivity contribution in [2.24, 2.45) is 5.10 Å². The van der Waals surface area contributed by atoms with Gasteiger partial charge in [-0.3, -0.25) is 5.43 Å². The predicted octanol–water partition coefficient (Wildman–Crippen LogP) is 4.44. The second-order valence-electron chi connectivity index (χ2n) is 3.42. The average Bonchev–Trinajstić information content (AvgIpc) is 2.30. The van der Waals surface area contributed by atoms with Gasteiger partial charge in [-0.2, -0.15) is 5.10 Å². The molecular formula is C12H8Cl2IN3. The van der Waals surface area contributed by atoms with Crippen LogP contribution in [0.5, 0.6) is 0 Å². The fraction of sp³-hybridized carbons (Fsp3) is 0. The summed E-state index contributed by atoms with van der Waals surface area (Å²) >= 11 is 13.8. The van der Waals surface area contributed by atoms with Crippen molar-refractivity contribution >= 4 is 57.7 Å². The van der Waals surface area contributed by atoms with Crippen LogP contribution in [0.3, 0.4) is 0 Å². The lowest BCUT2D eigenvalue weighted by Crippen LogP contribution is -1.91. The van der Waals surface area contributed by atoms with Crippen LogP contribution in [-0.4, -0.2) is 11.2 Å². The zero-order valence-electron chi connectivity index (χ0n) is 9.07. The minimum Gasteiger partial charge on any atom is -0.279 e. The summed E-state index contributed by atoms with van der Waals surface area (Å²) in [5.41, 5.74) is 4.62. The maximum Gasteiger partial charge on any atom is 0.131 e. The van der Waals surface area contributed by atoms with Gasteiger partial charge in [-0.05, 0) is 59.0 Å². The predicted molar refractivity (Wildman–Crippen MR) is 84.6 cm³/mol. The Kier molecular flexibility index (Phi) is 4.79. The molecule has 6 heteroatoms. The van der Waals surface area contributed by atoms with E-state index in [0.29, 0.717) is 10.3 Å². The van der Waals surface area contributed by atoms with Crippen LogP contribution >= 0.6 is 45.8 Å². The molecule has 1 aromatic heterocycles. The zero-order chi connectivity index (χ0) is 13.0. The zero-order valence-corrected chi connectivity index (χ0v) is 12.7. The van der Waals surface area contributed by atoms with Crippen molar-refractivity contribution in [1.29, 1.82) is 0 Å². The number of halogens is 3. The summed E-state index contributed by atoms with van der Waals surface area (Å²) in [7, 11) is 0. The van der Waals surface area contributed by atoms with E-state index in [1.165, 1.54) is 3.57 Å².